The van der Waals surface area contributed by atoms with Crippen LogP contribution in [-0.4, -0.2) is 53.7 Å². The minimum absolute atomic E-state index is 0.289. The highest BCUT2D eigenvalue weighted by Gasteiger charge is 2.29. The van der Waals surface area contributed by atoms with Gasteiger partial charge in [0, 0.05) is 55.1 Å². The van der Waals surface area contributed by atoms with Gasteiger partial charge in [-0.3, -0.25) is 9.80 Å². The van der Waals surface area contributed by atoms with E-state index in [1.54, 1.807) is 0 Å². The van der Waals surface area contributed by atoms with E-state index in [4.69, 9.17) is 0 Å². The van der Waals surface area contributed by atoms with E-state index in [9.17, 15) is 5.11 Å². The first-order chi connectivity index (χ1) is 9.87. The average Bonchev–Trinajstić information content (AvgIpc) is 2.77. The maximum absolute atomic E-state index is 9.37. The number of nitrogens with zero attached hydrogens (tertiary/aromatic N) is 2. The van der Waals surface area contributed by atoms with Gasteiger partial charge in [0.15, 0.2) is 0 Å². The Hall–Kier alpha value is -0.420. The molecule has 120 valence electrons. The molecule has 1 fully saturated rings. The zero-order chi connectivity index (χ0) is 15.5. The molecule has 1 atom stereocenters. The summed E-state index contributed by atoms with van der Waals surface area (Å²) in [5.74, 6) is 0. The summed E-state index contributed by atoms with van der Waals surface area (Å²) in [6.45, 7) is 14.8. The lowest BCUT2D eigenvalue weighted by atomic mass is 9.94. The highest BCUT2D eigenvalue weighted by atomic mass is 32.1. The number of hydrogen-bond acceptors (Lipinski definition) is 4. The fourth-order valence-corrected chi connectivity index (χ4v) is 4.06. The van der Waals surface area contributed by atoms with Gasteiger partial charge in [-0.05, 0) is 30.9 Å². The number of hydrogen-bond donors (Lipinski definition) is 1. The predicted molar refractivity (Wildman–Crippen MR) is 90.9 cm³/mol. The van der Waals surface area contributed by atoms with Crippen LogP contribution in [-0.2, 0) is 6.54 Å². The zero-order valence-electron chi connectivity index (χ0n) is 13.9. The van der Waals surface area contributed by atoms with E-state index in [0.29, 0.717) is 11.5 Å². The van der Waals surface area contributed by atoms with Crippen LogP contribution >= 0.6 is 11.3 Å². The predicted octanol–water partition coefficient (Wildman–Crippen LogP) is 2.97. The van der Waals surface area contributed by atoms with E-state index in [2.05, 4.69) is 49.6 Å². The van der Waals surface area contributed by atoms with Crippen molar-refractivity contribution in [1.82, 2.24) is 9.80 Å². The first kappa shape index (κ1) is 16.9. The molecule has 0 unspecified atom stereocenters. The molecule has 0 spiro atoms. The van der Waals surface area contributed by atoms with Crippen LogP contribution in [0.25, 0.3) is 0 Å². The third-order valence-corrected chi connectivity index (χ3v) is 4.99. The molecule has 0 aromatic carbocycles. The Labute approximate surface area is 133 Å². The van der Waals surface area contributed by atoms with E-state index < -0.39 is 0 Å². The van der Waals surface area contributed by atoms with Crippen molar-refractivity contribution in [1.29, 1.82) is 0 Å². The number of aliphatic hydroxyl groups excluding tert-OH is 1. The molecule has 21 heavy (non-hydrogen) atoms. The van der Waals surface area contributed by atoms with Gasteiger partial charge < -0.3 is 5.11 Å². The summed E-state index contributed by atoms with van der Waals surface area (Å²) in [7, 11) is 0. The SMILES string of the molecule is Cc1ccc(CN2CCN(CC(C)(C)C)[C@@H](CCO)C2)s1. The summed E-state index contributed by atoms with van der Waals surface area (Å²) < 4.78 is 0. The van der Waals surface area contributed by atoms with E-state index >= 15 is 0 Å². The number of aliphatic hydroxyl groups is 1. The molecule has 0 bridgehead atoms. The van der Waals surface area contributed by atoms with Gasteiger partial charge in [-0.1, -0.05) is 20.8 Å². The molecule has 4 heteroatoms. The van der Waals surface area contributed by atoms with Crippen LogP contribution < -0.4 is 0 Å². The van der Waals surface area contributed by atoms with E-state index in [0.717, 1.165) is 39.1 Å². The number of thiophene rings is 1. The largest absolute Gasteiger partial charge is 0.396 e. The summed E-state index contributed by atoms with van der Waals surface area (Å²) in [6.07, 6.45) is 0.885. The Kier molecular flexibility index (Phi) is 5.83. The van der Waals surface area contributed by atoms with Gasteiger partial charge in [-0.25, -0.2) is 0 Å². The van der Waals surface area contributed by atoms with Crippen molar-refractivity contribution < 1.29 is 5.11 Å². The Morgan fingerprint density at radius 1 is 1.29 bits per heavy atom. The molecular weight excluding hydrogens is 280 g/mol. The summed E-state index contributed by atoms with van der Waals surface area (Å²) in [4.78, 5) is 7.97. The Morgan fingerprint density at radius 3 is 2.62 bits per heavy atom. The van der Waals surface area contributed by atoms with E-state index in [1.807, 2.05) is 11.3 Å². The molecule has 3 nitrogen and oxygen atoms in total. The van der Waals surface area contributed by atoms with Crippen LogP contribution in [0.1, 0.15) is 36.9 Å². The molecular formula is C17H30N2OS. The topological polar surface area (TPSA) is 26.7 Å². The molecule has 1 aromatic heterocycles. The van der Waals surface area contributed by atoms with Crippen LogP contribution in [0.3, 0.4) is 0 Å². The Balaban J connectivity index is 1.94. The number of aryl methyl sites for hydroxylation is 1. The van der Waals surface area contributed by atoms with Crippen LogP contribution in [0.2, 0.25) is 0 Å². The molecule has 1 saturated heterocycles. The van der Waals surface area contributed by atoms with Gasteiger partial charge in [-0.15, -0.1) is 11.3 Å². The van der Waals surface area contributed by atoms with E-state index in [1.165, 1.54) is 9.75 Å². The molecule has 0 amide bonds. The maximum atomic E-state index is 9.37. The minimum atomic E-state index is 0.289. The lowest BCUT2D eigenvalue weighted by Crippen LogP contribution is -2.54. The molecule has 2 rings (SSSR count). The summed E-state index contributed by atoms with van der Waals surface area (Å²) in [6, 6.07) is 4.95. The third kappa shape index (κ3) is 5.37. The first-order valence-corrected chi connectivity index (χ1v) is 8.81. The van der Waals surface area contributed by atoms with Crippen LogP contribution in [0, 0.1) is 12.3 Å². The molecule has 0 saturated carbocycles. The summed E-state index contributed by atoms with van der Waals surface area (Å²) in [5, 5.41) is 9.37. The van der Waals surface area contributed by atoms with Crippen molar-refractivity contribution in [3.05, 3.63) is 21.9 Å². The molecule has 1 aliphatic heterocycles. The second-order valence-electron chi connectivity index (χ2n) is 7.44. The summed E-state index contributed by atoms with van der Waals surface area (Å²) in [5.41, 5.74) is 0.320. The zero-order valence-corrected chi connectivity index (χ0v) is 14.7. The van der Waals surface area contributed by atoms with Crippen LogP contribution in [0.4, 0.5) is 0 Å². The molecule has 2 heterocycles. The lowest BCUT2D eigenvalue weighted by molar-refractivity contribution is 0.0344. The van der Waals surface area contributed by atoms with Crippen LogP contribution in [0.15, 0.2) is 12.1 Å². The summed E-state index contributed by atoms with van der Waals surface area (Å²) >= 11 is 1.90. The number of rotatable bonds is 5. The molecule has 1 N–H and O–H groups in total. The van der Waals surface area contributed by atoms with Crippen molar-refractivity contribution in [2.75, 3.05) is 32.8 Å². The van der Waals surface area contributed by atoms with Crippen molar-refractivity contribution in [3.63, 3.8) is 0 Å². The Bertz CT molecular complexity index is 438. The van der Waals surface area contributed by atoms with E-state index in [-0.39, 0.29) is 6.61 Å². The Morgan fingerprint density at radius 2 is 2.05 bits per heavy atom. The van der Waals surface area contributed by atoms with Crippen molar-refractivity contribution >= 4 is 11.3 Å². The van der Waals surface area contributed by atoms with Gasteiger partial charge in [-0.2, -0.15) is 0 Å². The van der Waals surface area contributed by atoms with Crippen molar-refractivity contribution in [2.24, 2.45) is 5.41 Å². The van der Waals surface area contributed by atoms with Crippen molar-refractivity contribution in [3.8, 4) is 0 Å². The number of piperazine rings is 1. The van der Waals surface area contributed by atoms with Gasteiger partial charge in [0.2, 0.25) is 0 Å². The van der Waals surface area contributed by atoms with Gasteiger partial charge >= 0.3 is 0 Å². The van der Waals surface area contributed by atoms with Crippen molar-refractivity contribution in [2.45, 2.75) is 46.7 Å². The standard InChI is InChI=1S/C17H30N2OS/c1-14-5-6-16(21-14)12-18-8-9-19(13-17(2,3)4)15(11-18)7-10-20/h5-6,15,20H,7-13H2,1-4H3/t15-/m0/s1. The molecule has 0 aliphatic carbocycles. The minimum Gasteiger partial charge on any atom is -0.396 e. The second-order valence-corrected chi connectivity index (χ2v) is 8.82. The molecule has 1 aliphatic rings. The van der Waals surface area contributed by atoms with Gasteiger partial charge in [0.1, 0.15) is 0 Å². The normalized spacial score (nSPS) is 21.9. The second kappa shape index (κ2) is 7.23. The molecule has 0 radical (unpaired) electrons. The molecule has 1 aromatic rings. The smallest absolute Gasteiger partial charge is 0.0446 e. The van der Waals surface area contributed by atoms with Gasteiger partial charge in [0.25, 0.3) is 0 Å². The quantitative estimate of drug-likeness (QED) is 0.906. The maximum Gasteiger partial charge on any atom is 0.0446 e. The lowest BCUT2D eigenvalue weighted by Gasteiger charge is -2.43. The van der Waals surface area contributed by atoms with Gasteiger partial charge in [0.05, 0.1) is 0 Å². The average molecular weight is 311 g/mol. The fourth-order valence-electron chi connectivity index (χ4n) is 3.13. The third-order valence-electron chi connectivity index (χ3n) is 4.00. The van der Waals surface area contributed by atoms with Crippen LogP contribution in [0.5, 0.6) is 0 Å². The highest BCUT2D eigenvalue weighted by molar-refractivity contribution is 7.11. The highest BCUT2D eigenvalue weighted by Crippen LogP contribution is 2.23. The monoisotopic (exact) mass is 310 g/mol. The first-order valence-electron chi connectivity index (χ1n) is 8.00. The fraction of sp³-hybridized carbons (Fsp3) is 0.765.